The van der Waals surface area contributed by atoms with Gasteiger partial charge in [-0.1, -0.05) is 35.3 Å². The van der Waals surface area contributed by atoms with Crippen molar-refractivity contribution in [1.29, 1.82) is 0 Å². The number of hydrogen-bond donors (Lipinski definition) is 1. The van der Waals surface area contributed by atoms with Gasteiger partial charge in [0.2, 0.25) is 0 Å². The van der Waals surface area contributed by atoms with Gasteiger partial charge in [0.1, 0.15) is 17.3 Å². The summed E-state index contributed by atoms with van der Waals surface area (Å²) >= 11 is 13.8. The van der Waals surface area contributed by atoms with Crippen LogP contribution < -0.4 is 10.1 Å². The van der Waals surface area contributed by atoms with Crippen molar-refractivity contribution in [1.82, 2.24) is 4.98 Å². The summed E-state index contributed by atoms with van der Waals surface area (Å²) < 4.78 is 6.04. The SMILES string of the molecule is Clc1ccc(Oc2ccccc2-c2csc(NC3=NCCCC3)n2)c(Cl)c1. The predicted molar refractivity (Wildman–Crippen MR) is 114 cm³/mol. The monoisotopic (exact) mass is 417 g/mol. The fraction of sp³-hybridized carbons (Fsp3) is 0.200. The molecule has 7 heteroatoms. The van der Waals surface area contributed by atoms with E-state index < -0.39 is 0 Å². The molecule has 138 valence electrons. The molecule has 0 fully saturated rings. The highest BCUT2D eigenvalue weighted by Gasteiger charge is 2.14. The fourth-order valence-corrected chi connectivity index (χ4v) is 4.00. The van der Waals surface area contributed by atoms with Crippen LogP contribution in [0.3, 0.4) is 0 Å². The lowest BCUT2D eigenvalue weighted by atomic mass is 10.1. The Balaban J connectivity index is 1.58. The number of rotatable bonds is 4. The highest BCUT2D eigenvalue weighted by atomic mass is 35.5. The van der Waals surface area contributed by atoms with Crippen molar-refractivity contribution in [3.05, 3.63) is 57.9 Å². The van der Waals surface area contributed by atoms with Crippen LogP contribution in [0.25, 0.3) is 11.3 Å². The first kappa shape index (κ1) is 18.3. The van der Waals surface area contributed by atoms with Crippen LogP contribution in [0.15, 0.2) is 52.8 Å². The normalized spacial score (nSPS) is 13.9. The van der Waals surface area contributed by atoms with Gasteiger partial charge < -0.3 is 10.1 Å². The molecule has 0 bridgehead atoms. The second-order valence-corrected chi connectivity index (χ2v) is 7.82. The molecular weight excluding hydrogens is 401 g/mol. The third kappa shape index (κ3) is 4.43. The van der Waals surface area contributed by atoms with Crippen LogP contribution in [0.4, 0.5) is 5.13 Å². The van der Waals surface area contributed by atoms with E-state index in [9.17, 15) is 0 Å². The van der Waals surface area contributed by atoms with Gasteiger partial charge in [0.05, 0.1) is 10.7 Å². The molecule has 4 rings (SSSR count). The molecular formula is C20H17Cl2N3OS. The summed E-state index contributed by atoms with van der Waals surface area (Å²) in [5.41, 5.74) is 1.75. The van der Waals surface area contributed by atoms with Crippen molar-refractivity contribution >= 4 is 45.5 Å². The lowest BCUT2D eigenvalue weighted by molar-refractivity contribution is 0.484. The van der Waals surface area contributed by atoms with E-state index in [0.717, 1.165) is 41.6 Å². The molecule has 1 aromatic heterocycles. The van der Waals surface area contributed by atoms with Crippen LogP contribution in [0.5, 0.6) is 11.5 Å². The molecule has 0 aliphatic carbocycles. The third-order valence-electron chi connectivity index (χ3n) is 4.16. The van der Waals surface area contributed by atoms with Gasteiger partial charge in [-0.25, -0.2) is 4.98 Å². The summed E-state index contributed by atoms with van der Waals surface area (Å²) in [6.07, 6.45) is 3.30. The van der Waals surface area contributed by atoms with E-state index in [4.69, 9.17) is 32.9 Å². The molecule has 0 saturated carbocycles. The zero-order valence-electron chi connectivity index (χ0n) is 14.4. The summed E-state index contributed by atoms with van der Waals surface area (Å²) in [6.45, 7) is 0.888. The number of amidine groups is 1. The van der Waals surface area contributed by atoms with E-state index in [0.29, 0.717) is 21.5 Å². The van der Waals surface area contributed by atoms with E-state index in [1.165, 1.54) is 6.42 Å². The second kappa shape index (κ2) is 8.30. The number of para-hydroxylation sites is 1. The van der Waals surface area contributed by atoms with E-state index in [1.807, 2.05) is 29.6 Å². The maximum Gasteiger partial charge on any atom is 0.188 e. The fourth-order valence-electron chi connectivity index (χ4n) is 2.82. The molecule has 3 aromatic rings. The molecule has 0 radical (unpaired) electrons. The Morgan fingerprint density at radius 3 is 2.74 bits per heavy atom. The Labute approximate surface area is 171 Å². The number of anilines is 1. The number of aliphatic imine (C=N–C) groups is 1. The van der Waals surface area contributed by atoms with Crippen molar-refractivity contribution in [2.75, 3.05) is 11.9 Å². The van der Waals surface area contributed by atoms with Crippen molar-refractivity contribution in [3.8, 4) is 22.8 Å². The molecule has 0 saturated heterocycles. The Hall–Kier alpha value is -2.08. The highest BCUT2D eigenvalue weighted by molar-refractivity contribution is 7.14. The number of aromatic nitrogens is 1. The highest BCUT2D eigenvalue weighted by Crippen LogP contribution is 2.37. The summed E-state index contributed by atoms with van der Waals surface area (Å²) in [5, 5.41) is 7.22. The Morgan fingerprint density at radius 1 is 1.04 bits per heavy atom. The lowest BCUT2D eigenvalue weighted by Crippen LogP contribution is -2.15. The molecule has 4 nitrogen and oxygen atoms in total. The van der Waals surface area contributed by atoms with Gasteiger partial charge in [0.25, 0.3) is 0 Å². The third-order valence-corrected chi connectivity index (χ3v) is 5.44. The summed E-state index contributed by atoms with van der Waals surface area (Å²) in [5.74, 6) is 2.26. The summed E-state index contributed by atoms with van der Waals surface area (Å²) in [4.78, 5) is 9.22. The maximum atomic E-state index is 6.24. The molecule has 0 amide bonds. The smallest absolute Gasteiger partial charge is 0.188 e. The van der Waals surface area contributed by atoms with Gasteiger partial charge in [0.15, 0.2) is 5.13 Å². The van der Waals surface area contributed by atoms with E-state index in [2.05, 4.69) is 10.3 Å². The van der Waals surface area contributed by atoms with E-state index >= 15 is 0 Å². The molecule has 0 atom stereocenters. The van der Waals surface area contributed by atoms with Gasteiger partial charge in [-0.05, 0) is 43.2 Å². The molecule has 0 spiro atoms. The first-order valence-electron chi connectivity index (χ1n) is 8.67. The second-order valence-electron chi connectivity index (χ2n) is 6.12. The first-order chi connectivity index (χ1) is 13.2. The van der Waals surface area contributed by atoms with Gasteiger partial charge in [-0.3, -0.25) is 4.99 Å². The average molecular weight is 418 g/mol. The molecule has 1 aliphatic heterocycles. The van der Waals surface area contributed by atoms with Crippen molar-refractivity contribution in [3.63, 3.8) is 0 Å². The number of halogens is 2. The molecule has 2 aromatic carbocycles. The van der Waals surface area contributed by atoms with Gasteiger partial charge in [-0.2, -0.15) is 0 Å². The molecule has 27 heavy (non-hydrogen) atoms. The van der Waals surface area contributed by atoms with Crippen LogP contribution in [-0.4, -0.2) is 17.4 Å². The van der Waals surface area contributed by atoms with Gasteiger partial charge >= 0.3 is 0 Å². The number of nitrogens with zero attached hydrogens (tertiary/aromatic N) is 2. The zero-order chi connectivity index (χ0) is 18.6. The van der Waals surface area contributed by atoms with Crippen LogP contribution in [0.1, 0.15) is 19.3 Å². The Morgan fingerprint density at radius 2 is 1.93 bits per heavy atom. The summed E-state index contributed by atoms with van der Waals surface area (Å²) in [7, 11) is 0. The quantitative estimate of drug-likeness (QED) is 0.501. The van der Waals surface area contributed by atoms with Crippen LogP contribution in [0, 0.1) is 0 Å². The van der Waals surface area contributed by atoms with Gasteiger partial charge in [-0.15, -0.1) is 11.3 Å². The van der Waals surface area contributed by atoms with Crippen molar-refractivity contribution in [2.24, 2.45) is 4.99 Å². The Kier molecular flexibility index (Phi) is 5.62. The topological polar surface area (TPSA) is 46.5 Å². The number of ether oxygens (including phenoxy) is 1. The maximum absolute atomic E-state index is 6.24. The van der Waals surface area contributed by atoms with Crippen LogP contribution >= 0.6 is 34.5 Å². The lowest BCUT2D eigenvalue weighted by Gasteiger charge is -2.12. The number of benzene rings is 2. The average Bonchev–Trinajstić information content (AvgIpc) is 3.13. The number of nitrogens with one attached hydrogen (secondary N) is 1. The van der Waals surface area contributed by atoms with Gasteiger partial charge in [0, 0.05) is 28.9 Å². The molecule has 0 unspecified atom stereocenters. The standard InChI is InChI=1S/C20H17Cl2N3OS/c21-13-8-9-18(15(22)11-13)26-17-6-2-1-5-14(17)16-12-27-20(24-16)25-19-7-3-4-10-23-19/h1-2,5-6,8-9,11-12H,3-4,7,10H2,(H,23,24,25). The predicted octanol–water partition coefficient (Wildman–Crippen LogP) is 6.90. The minimum Gasteiger partial charge on any atom is -0.455 e. The Bertz CT molecular complexity index is 987. The number of thiazole rings is 1. The van der Waals surface area contributed by atoms with Crippen LogP contribution in [-0.2, 0) is 0 Å². The van der Waals surface area contributed by atoms with E-state index in [1.54, 1.807) is 29.5 Å². The van der Waals surface area contributed by atoms with Crippen molar-refractivity contribution < 1.29 is 4.74 Å². The minimum atomic E-state index is 0.466. The molecule has 2 heterocycles. The van der Waals surface area contributed by atoms with Crippen molar-refractivity contribution in [2.45, 2.75) is 19.3 Å². The first-order valence-corrected chi connectivity index (χ1v) is 10.3. The molecule has 1 N–H and O–H groups in total. The van der Waals surface area contributed by atoms with E-state index in [-0.39, 0.29) is 0 Å². The summed E-state index contributed by atoms with van der Waals surface area (Å²) in [6, 6.07) is 12.9. The zero-order valence-corrected chi connectivity index (χ0v) is 16.7. The molecule has 1 aliphatic rings. The minimum absolute atomic E-state index is 0.466. The largest absolute Gasteiger partial charge is 0.455 e. The number of hydrogen-bond acceptors (Lipinski definition) is 5. The van der Waals surface area contributed by atoms with Crippen LogP contribution in [0.2, 0.25) is 10.0 Å².